The SMILES string of the molecule is CCNC(=NCc1ccccc1C)NCC1(O)CCCCC1.I. The Labute approximate surface area is 157 Å². The van der Waals surface area contributed by atoms with Gasteiger partial charge in [-0.15, -0.1) is 24.0 Å². The monoisotopic (exact) mass is 431 g/mol. The molecule has 1 aromatic rings. The quantitative estimate of drug-likeness (QED) is 0.381. The van der Waals surface area contributed by atoms with E-state index >= 15 is 0 Å². The maximum absolute atomic E-state index is 10.6. The van der Waals surface area contributed by atoms with Crippen LogP contribution in [0.4, 0.5) is 0 Å². The Kier molecular flexibility index (Phi) is 8.91. The van der Waals surface area contributed by atoms with E-state index in [-0.39, 0.29) is 24.0 Å². The first kappa shape index (κ1) is 20.2. The minimum Gasteiger partial charge on any atom is -0.388 e. The van der Waals surface area contributed by atoms with Crippen LogP contribution >= 0.6 is 24.0 Å². The lowest BCUT2D eigenvalue weighted by atomic mass is 9.85. The highest BCUT2D eigenvalue weighted by Crippen LogP contribution is 2.27. The van der Waals surface area contributed by atoms with Crippen LogP contribution in [0.5, 0.6) is 0 Å². The van der Waals surface area contributed by atoms with Gasteiger partial charge in [-0.05, 0) is 37.8 Å². The van der Waals surface area contributed by atoms with E-state index in [2.05, 4.69) is 41.6 Å². The van der Waals surface area contributed by atoms with E-state index < -0.39 is 5.60 Å². The molecule has 1 saturated carbocycles. The molecule has 1 aromatic carbocycles. The summed E-state index contributed by atoms with van der Waals surface area (Å²) < 4.78 is 0. The fourth-order valence-electron chi connectivity index (χ4n) is 2.93. The van der Waals surface area contributed by atoms with Crippen LogP contribution in [-0.2, 0) is 6.54 Å². The fourth-order valence-corrected chi connectivity index (χ4v) is 2.93. The summed E-state index contributed by atoms with van der Waals surface area (Å²) in [5.74, 6) is 0.782. The van der Waals surface area contributed by atoms with Gasteiger partial charge in [-0.3, -0.25) is 0 Å². The van der Waals surface area contributed by atoms with Crippen molar-refractivity contribution in [2.24, 2.45) is 4.99 Å². The van der Waals surface area contributed by atoms with Crippen molar-refractivity contribution in [2.45, 2.75) is 58.1 Å². The van der Waals surface area contributed by atoms with Crippen LogP contribution in [0.25, 0.3) is 0 Å². The van der Waals surface area contributed by atoms with Crippen LogP contribution in [-0.4, -0.2) is 29.8 Å². The molecular formula is C18H30IN3O. The van der Waals surface area contributed by atoms with Gasteiger partial charge in [0.15, 0.2) is 5.96 Å². The second-order valence-corrected chi connectivity index (χ2v) is 6.26. The number of aliphatic imine (C=N–C) groups is 1. The Morgan fingerprint density at radius 2 is 1.87 bits per heavy atom. The van der Waals surface area contributed by atoms with Crippen LogP contribution in [0.1, 0.15) is 50.2 Å². The Hall–Kier alpha value is -0.820. The maximum atomic E-state index is 10.6. The average Bonchev–Trinajstić information content (AvgIpc) is 2.52. The average molecular weight is 431 g/mol. The molecule has 2 rings (SSSR count). The molecule has 3 N–H and O–H groups in total. The molecule has 130 valence electrons. The standard InChI is InChI=1S/C18H29N3O.HI/c1-3-19-17(20-13-16-10-6-5-9-15(16)2)21-14-18(22)11-7-4-8-12-18;/h5-6,9-10,22H,3-4,7-8,11-14H2,1-2H3,(H2,19,20,21);1H. The van der Waals surface area contributed by atoms with Crippen molar-refractivity contribution in [3.8, 4) is 0 Å². The molecule has 0 saturated heterocycles. The smallest absolute Gasteiger partial charge is 0.191 e. The summed E-state index contributed by atoms with van der Waals surface area (Å²) in [6.45, 7) is 6.21. The molecule has 4 nitrogen and oxygen atoms in total. The number of hydrogen-bond donors (Lipinski definition) is 3. The first-order chi connectivity index (χ1) is 10.6. The van der Waals surface area contributed by atoms with E-state index in [0.29, 0.717) is 13.1 Å². The minimum absolute atomic E-state index is 0. The van der Waals surface area contributed by atoms with Gasteiger partial charge in [0.1, 0.15) is 0 Å². The number of hydrogen-bond acceptors (Lipinski definition) is 2. The number of halogens is 1. The molecule has 0 amide bonds. The number of nitrogens with zero attached hydrogens (tertiary/aromatic N) is 1. The van der Waals surface area contributed by atoms with Gasteiger partial charge in [-0.25, -0.2) is 4.99 Å². The summed E-state index contributed by atoms with van der Waals surface area (Å²) in [6.07, 6.45) is 5.25. The number of aliphatic hydroxyl groups is 1. The van der Waals surface area contributed by atoms with E-state index in [1.54, 1.807) is 0 Å². The molecule has 0 unspecified atom stereocenters. The van der Waals surface area contributed by atoms with Gasteiger partial charge >= 0.3 is 0 Å². The third-order valence-electron chi connectivity index (χ3n) is 4.38. The van der Waals surface area contributed by atoms with Gasteiger partial charge in [0.2, 0.25) is 0 Å². The maximum Gasteiger partial charge on any atom is 0.191 e. The Morgan fingerprint density at radius 3 is 2.52 bits per heavy atom. The molecule has 1 aliphatic rings. The third-order valence-corrected chi connectivity index (χ3v) is 4.38. The lowest BCUT2D eigenvalue weighted by molar-refractivity contribution is 0.00859. The summed E-state index contributed by atoms with van der Waals surface area (Å²) >= 11 is 0. The lowest BCUT2D eigenvalue weighted by Crippen LogP contribution is -2.48. The summed E-state index contributed by atoms with van der Waals surface area (Å²) in [5.41, 5.74) is 1.92. The predicted molar refractivity (Wildman–Crippen MR) is 107 cm³/mol. The van der Waals surface area contributed by atoms with E-state index in [0.717, 1.165) is 38.2 Å². The molecule has 0 aromatic heterocycles. The summed E-state index contributed by atoms with van der Waals surface area (Å²) in [4.78, 5) is 4.64. The molecule has 1 aliphatic carbocycles. The first-order valence-corrected chi connectivity index (χ1v) is 8.42. The van der Waals surface area contributed by atoms with Crippen molar-refractivity contribution in [3.05, 3.63) is 35.4 Å². The van der Waals surface area contributed by atoms with Crippen molar-refractivity contribution < 1.29 is 5.11 Å². The fraction of sp³-hybridized carbons (Fsp3) is 0.611. The van der Waals surface area contributed by atoms with E-state index in [1.165, 1.54) is 17.5 Å². The topological polar surface area (TPSA) is 56.7 Å². The van der Waals surface area contributed by atoms with Crippen LogP contribution < -0.4 is 10.6 Å². The highest BCUT2D eigenvalue weighted by molar-refractivity contribution is 14.0. The molecule has 0 heterocycles. The lowest BCUT2D eigenvalue weighted by Gasteiger charge is -2.32. The van der Waals surface area contributed by atoms with E-state index in [4.69, 9.17) is 0 Å². The zero-order chi connectivity index (χ0) is 15.8. The second-order valence-electron chi connectivity index (χ2n) is 6.26. The zero-order valence-corrected chi connectivity index (χ0v) is 16.6. The van der Waals surface area contributed by atoms with Crippen LogP contribution in [0.15, 0.2) is 29.3 Å². The van der Waals surface area contributed by atoms with E-state index in [1.807, 2.05) is 12.1 Å². The molecule has 0 bridgehead atoms. The number of benzene rings is 1. The molecule has 23 heavy (non-hydrogen) atoms. The normalized spacial score (nSPS) is 17.3. The third kappa shape index (κ3) is 6.67. The molecule has 0 spiro atoms. The Morgan fingerprint density at radius 1 is 1.17 bits per heavy atom. The molecule has 0 aliphatic heterocycles. The molecule has 0 atom stereocenters. The second kappa shape index (κ2) is 10.1. The molecule has 1 fully saturated rings. The van der Waals surface area contributed by atoms with Crippen molar-refractivity contribution in [1.29, 1.82) is 0 Å². The zero-order valence-electron chi connectivity index (χ0n) is 14.3. The largest absolute Gasteiger partial charge is 0.388 e. The predicted octanol–water partition coefficient (Wildman–Crippen LogP) is 3.36. The van der Waals surface area contributed by atoms with Gasteiger partial charge in [-0.2, -0.15) is 0 Å². The van der Waals surface area contributed by atoms with Gasteiger partial charge < -0.3 is 15.7 Å². The van der Waals surface area contributed by atoms with Crippen LogP contribution in [0, 0.1) is 6.92 Å². The Bertz CT molecular complexity index is 499. The number of nitrogens with one attached hydrogen (secondary N) is 2. The summed E-state index contributed by atoms with van der Waals surface area (Å²) in [5, 5.41) is 17.1. The molecule has 5 heteroatoms. The van der Waals surface area contributed by atoms with E-state index in [9.17, 15) is 5.11 Å². The van der Waals surface area contributed by atoms with Gasteiger partial charge in [0.25, 0.3) is 0 Å². The van der Waals surface area contributed by atoms with Gasteiger partial charge in [-0.1, -0.05) is 43.5 Å². The Balaban J connectivity index is 0.00000264. The van der Waals surface area contributed by atoms with Crippen LogP contribution in [0.3, 0.4) is 0 Å². The molecular weight excluding hydrogens is 401 g/mol. The summed E-state index contributed by atoms with van der Waals surface area (Å²) in [6, 6.07) is 8.31. The van der Waals surface area contributed by atoms with Crippen molar-refractivity contribution >= 4 is 29.9 Å². The van der Waals surface area contributed by atoms with Crippen molar-refractivity contribution in [2.75, 3.05) is 13.1 Å². The summed E-state index contributed by atoms with van der Waals surface area (Å²) in [7, 11) is 0. The van der Waals surface area contributed by atoms with Crippen molar-refractivity contribution in [3.63, 3.8) is 0 Å². The number of aryl methyl sites for hydroxylation is 1. The van der Waals surface area contributed by atoms with Crippen LogP contribution in [0.2, 0.25) is 0 Å². The number of guanidine groups is 1. The number of rotatable bonds is 5. The van der Waals surface area contributed by atoms with Gasteiger partial charge in [0, 0.05) is 13.1 Å². The highest BCUT2D eigenvalue weighted by Gasteiger charge is 2.29. The highest BCUT2D eigenvalue weighted by atomic mass is 127. The van der Waals surface area contributed by atoms with Crippen molar-refractivity contribution in [1.82, 2.24) is 10.6 Å². The van der Waals surface area contributed by atoms with Gasteiger partial charge in [0.05, 0.1) is 12.1 Å². The minimum atomic E-state index is -0.572. The molecule has 0 radical (unpaired) electrons. The first-order valence-electron chi connectivity index (χ1n) is 8.42.